The first-order valence-electron chi connectivity index (χ1n) is 8.79. The summed E-state index contributed by atoms with van der Waals surface area (Å²) >= 11 is 6.25. The molecule has 3 heterocycles. The fraction of sp³-hybridized carbons (Fsp3) is 0.222. The van der Waals surface area contributed by atoms with E-state index in [0.29, 0.717) is 11.0 Å². The molecule has 0 atom stereocenters. The van der Waals surface area contributed by atoms with Gasteiger partial charge in [0.1, 0.15) is 10.4 Å². The van der Waals surface area contributed by atoms with Crippen LogP contribution in [0.2, 0.25) is 5.02 Å². The lowest BCUT2D eigenvalue weighted by molar-refractivity contribution is 0.315. The Morgan fingerprint density at radius 1 is 1.07 bits per heavy atom. The van der Waals surface area contributed by atoms with Gasteiger partial charge in [-0.05, 0) is 40.6 Å². The Morgan fingerprint density at radius 3 is 2.71 bits per heavy atom. The smallest absolute Gasteiger partial charge is 0.272 e. The normalized spacial score (nSPS) is 15.5. The molecule has 4 aromatic rings. The summed E-state index contributed by atoms with van der Waals surface area (Å²) in [5, 5.41) is 11.7. The van der Waals surface area contributed by atoms with E-state index in [2.05, 4.69) is 20.5 Å². The van der Waals surface area contributed by atoms with Gasteiger partial charge in [0.15, 0.2) is 5.52 Å². The Hall–Kier alpha value is -2.62. The van der Waals surface area contributed by atoms with Gasteiger partial charge in [-0.25, -0.2) is 17.0 Å². The quantitative estimate of drug-likeness (QED) is 0.547. The lowest BCUT2D eigenvalue weighted by atomic mass is 10.2. The van der Waals surface area contributed by atoms with E-state index in [1.165, 1.54) is 10.0 Å². The van der Waals surface area contributed by atoms with Crippen molar-refractivity contribution in [3.05, 3.63) is 47.6 Å². The highest BCUT2D eigenvalue weighted by atomic mass is 35.5. The second-order valence-corrected chi connectivity index (χ2v) is 8.73. The molecule has 0 saturated carbocycles. The lowest BCUT2D eigenvalue weighted by Crippen LogP contribution is -2.43. The highest BCUT2D eigenvalue weighted by Crippen LogP contribution is 2.34. The Balaban J connectivity index is 1.71. The summed E-state index contributed by atoms with van der Waals surface area (Å²) in [6.45, 7) is 3.53. The van der Waals surface area contributed by atoms with Crippen molar-refractivity contribution in [2.24, 2.45) is 0 Å². The summed E-state index contributed by atoms with van der Waals surface area (Å²) in [5.74, 6) is 0. The number of halogens is 1. The molecule has 0 spiro atoms. The molecule has 10 heteroatoms. The first-order valence-corrected chi connectivity index (χ1v) is 10.6. The molecule has 1 aliphatic rings. The minimum atomic E-state index is -4.01. The summed E-state index contributed by atoms with van der Waals surface area (Å²) in [7, 11) is -4.01. The van der Waals surface area contributed by atoms with Crippen LogP contribution in [0.3, 0.4) is 0 Å². The topological polar surface area (TPSA) is 93.3 Å². The third-order valence-corrected chi connectivity index (χ3v) is 7.17. The van der Waals surface area contributed by atoms with E-state index in [1.54, 1.807) is 18.3 Å². The Labute approximate surface area is 165 Å². The molecule has 0 amide bonds. The Bertz CT molecular complexity index is 1290. The molecule has 144 valence electrons. The van der Waals surface area contributed by atoms with Crippen molar-refractivity contribution in [1.29, 1.82) is 0 Å². The number of nitrogens with one attached hydrogen (secondary N) is 1. The fourth-order valence-corrected chi connectivity index (χ4v) is 5.65. The van der Waals surface area contributed by atoms with E-state index in [-0.39, 0.29) is 15.4 Å². The predicted molar refractivity (Wildman–Crippen MR) is 106 cm³/mol. The van der Waals surface area contributed by atoms with Crippen molar-refractivity contribution in [2.75, 3.05) is 31.1 Å². The maximum Gasteiger partial charge on any atom is 0.272 e. The van der Waals surface area contributed by atoms with E-state index in [0.717, 1.165) is 37.3 Å². The minimum Gasteiger partial charge on any atom is -0.368 e. The van der Waals surface area contributed by atoms with Crippen molar-refractivity contribution in [3.63, 3.8) is 0 Å². The molecular weight excluding hydrogens is 402 g/mol. The first-order chi connectivity index (χ1) is 13.6. The summed E-state index contributed by atoms with van der Waals surface area (Å²) in [5.41, 5.74) is 2.05. The molecule has 0 unspecified atom stereocenters. The number of fused-ring (bicyclic) bond motifs is 2. The number of benzene rings is 2. The molecular formula is C18H16ClN5O3S. The van der Waals surface area contributed by atoms with Gasteiger partial charge in [0.2, 0.25) is 0 Å². The van der Waals surface area contributed by atoms with Crippen molar-refractivity contribution in [1.82, 2.24) is 19.6 Å². The van der Waals surface area contributed by atoms with Gasteiger partial charge in [-0.1, -0.05) is 17.7 Å². The van der Waals surface area contributed by atoms with Crippen molar-refractivity contribution in [3.8, 4) is 0 Å². The van der Waals surface area contributed by atoms with Crippen LogP contribution in [-0.4, -0.2) is 48.9 Å². The largest absolute Gasteiger partial charge is 0.368 e. The molecule has 0 bridgehead atoms. The van der Waals surface area contributed by atoms with E-state index in [9.17, 15) is 8.42 Å². The molecule has 5 rings (SSSR count). The summed E-state index contributed by atoms with van der Waals surface area (Å²) < 4.78 is 32.9. The lowest BCUT2D eigenvalue weighted by Gasteiger charge is -2.30. The van der Waals surface area contributed by atoms with Gasteiger partial charge in [0, 0.05) is 43.4 Å². The molecule has 0 aliphatic carbocycles. The molecule has 2 aromatic heterocycles. The standard InChI is InChI=1S/C18H16ClN5O3S/c19-13-4-5-14-17(22-27-21-14)18(13)28(25,26)24-9-6-12-15(2-1-3-16(12)24)23-10-7-20-8-11-23/h1-6,9,20H,7-8,10-11H2. The third-order valence-electron chi connectivity index (χ3n) is 4.98. The van der Waals surface area contributed by atoms with Crippen molar-refractivity contribution in [2.45, 2.75) is 4.90 Å². The predicted octanol–water partition coefficient (Wildman–Crippen LogP) is 2.48. The van der Waals surface area contributed by atoms with Crippen LogP contribution in [0, 0.1) is 0 Å². The van der Waals surface area contributed by atoms with Gasteiger partial charge in [-0.3, -0.25) is 0 Å². The molecule has 0 radical (unpaired) electrons. The zero-order valence-electron chi connectivity index (χ0n) is 14.7. The number of aromatic nitrogens is 3. The number of hydrogen-bond acceptors (Lipinski definition) is 7. The van der Waals surface area contributed by atoms with Crippen LogP contribution in [0.1, 0.15) is 0 Å². The molecule has 1 N–H and O–H groups in total. The van der Waals surface area contributed by atoms with Gasteiger partial charge >= 0.3 is 0 Å². The molecule has 1 aliphatic heterocycles. The van der Waals surface area contributed by atoms with E-state index < -0.39 is 10.0 Å². The first kappa shape index (κ1) is 17.5. The molecule has 2 aromatic carbocycles. The molecule has 28 heavy (non-hydrogen) atoms. The van der Waals surface area contributed by atoms with Gasteiger partial charge in [0.25, 0.3) is 10.0 Å². The molecule has 1 fully saturated rings. The van der Waals surface area contributed by atoms with Crippen molar-refractivity contribution >= 4 is 49.2 Å². The van der Waals surface area contributed by atoms with Crippen LogP contribution in [0.25, 0.3) is 21.9 Å². The zero-order valence-corrected chi connectivity index (χ0v) is 16.2. The van der Waals surface area contributed by atoms with Crippen LogP contribution in [0.15, 0.2) is 52.1 Å². The van der Waals surface area contributed by atoms with Crippen LogP contribution in [-0.2, 0) is 10.0 Å². The maximum atomic E-state index is 13.5. The monoisotopic (exact) mass is 417 g/mol. The highest BCUT2D eigenvalue weighted by molar-refractivity contribution is 7.90. The van der Waals surface area contributed by atoms with Gasteiger partial charge in [-0.15, -0.1) is 0 Å². The summed E-state index contributed by atoms with van der Waals surface area (Å²) in [4.78, 5) is 2.14. The van der Waals surface area contributed by atoms with Crippen molar-refractivity contribution < 1.29 is 13.0 Å². The number of hydrogen-bond donors (Lipinski definition) is 1. The van der Waals surface area contributed by atoms with E-state index in [1.807, 2.05) is 18.2 Å². The zero-order chi connectivity index (χ0) is 19.3. The van der Waals surface area contributed by atoms with Crippen LogP contribution < -0.4 is 10.2 Å². The number of piperazine rings is 1. The van der Waals surface area contributed by atoms with Crippen LogP contribution in [0.4, 0.5) is 5.69 Å². The van der Waals surface area contributed by atoms with Gasteiger partial charge in [0.05, 0.1) is 10.5 Å². The SMILES string of the molecule is O=S(=O)(c1c(Cl)ccc2nonc12)n1ccc2c(N3CCNCC3)cccc21. The Morgan fingerprint density at radius 2 is 1.89 bits per heavy atom. The van der Waals surface area contributed by atoms with E-state index >= 15 is 0 Å². The van der Waals surface area contributed by atoms with Gasteiger partial charge in [-0.2, -0.15) is 0 Å². The van der Waals surface area contributed by atoms with Crippen LogP contribution in [0.5, 0.6) is 0 Å². The molecule has 1 saturated heterocycles. The maximum absolute atomic E-state index is 13.5. The van der Waals surface area contributed by atoms with E-state index in [4.69, 9.17) is 16.2 Å². The van der Waals surface area contributed by atoms with Gasteiger partial charge < -0.3 is 10.2 Å². The average Bonchev–Trinajstić information content (AvgIpc) is 3.35. The average molecular weight is 418 g/mol. The minimum absolute atomic E-state index is 0.0725. The Kier molecular flexibility index (Phi) is 4.04. The number of nitrogens with zero attached hydrogens (tertiary/aromatic N) is 4. The summed E-state index contributed by atoms with van der Waals surface area (Å²) in [6, 6.07) is 10.5. The fourth-order valence-electron chi connectivity index (χ4n) is 3.66. The second kappa shape index (κ2) is 6.47. The third kappa shape index (κ3) is 2.58. The second-order valence-electron chi connectivity index (χ2n) is 6.57. The van der Waals surface area contributed by atoms with Crippen LogP contribution >= 0.6 is 11.6 Å². The highest BCUT2D eigenvalue weighted by Gasteiger charge is 2.28. The number of anilines is 1. The molecule has 8 nitrogen and oxygen atoms in total. The number of rotatable bonds is 3. The summed E-state index contributed by atoms with van der Waals surface area (Å²) in [6.07, 6.45) is 1.55.